The van der Waals surface area contributed by atoms with Crippen molar-refractivity contribution in [1.82, 2.24) is 0 Å². The molecular weight excluding hydrogens is 308 g/mol. The molecule has 0 unspecified atom stereocenters. The van der Waals surface area contributed by atoms with E-state index >= 15 is 0 Å². The van der Waals surface area contributed by atoms with Gasteiger partial charge in [-0.25, -0.2) is 4.79 Å². The van der Waals surface area contributed by atoms with E-state index in [1.54, 1.807) is 36.4 Å². The van der Waals surface area contributed by atoms with Crippen molar-refractivity contribution in [3.8, 4) is 28.7 Å². The van der Waals surface area contributed by atoms with Crippen LogP contribution in [0.1, 0.15) is 5.56 Å². The van der Waals surface area contributed by atoms with Crippen molar-refractivity contribution in [3.05, 3.63) is 52.4 Å². The van der Waals surface area contributed by atoms with Crippen LogP contribution in [0.3, 0.4) is 0 Å². The first kappa shape index (κ1) is 15.4. The summed E-state index contributed by atoms with van der Waals surface area (Å²) in [4.78, 5) is 12.2. The van der Waals surface area contributed by atoms with Crippen LogP contribution in [-0.2, 0) is 0 Å². The highest BCUT2D eigenvalue weighted by molar-refractivity contribution is 5.97. The molecule has 2 aromatic carbocycles. The Morgan fingerprint density at radius 3 is 2.33 bits per heavy atom. The molecule has 0 spiro atoms. The maximum absolute atomic E-state index is 12.2. The van der Waals surface area contributed by atoms with Crippen LogP contribution in [0.15, 0.2) is 45.6 Å². The molecule has 0 amide bonds. The van der Waals surface area contributed by atoms with Gasteiger partial charge in [-0.3, -0.25) is 0 Å². The molecule has 0 aliphatic carbocycles. The van der Waals surface area contributed by atoms with Gasteiger partial charge in [-0.2, -0.15) is 5.26 Å². The van der Waals surface area contributed by atoms with Crippen LogP contribution in [-0.4, -0.2) is 14.2 Å². The molecule has 0 fully saturated rings. The second-order valence-electron chi connectivity index (χ2n) is 5.11. The molecule has 2 N–H and O–H groups in total. The SMILES string of the molecule is COc1cc(OC)cc(-c2c(C#N)c(=O)oc3cc(N)ccc23)c1. The Labute approximate surface area is 137 Å². The molecule has 3 rings (SSSR count). The normalized spacial score (nSPS) is 10.4. The molecule has 0 saturated carbocycles. The average molecular weight is 322 g/mol. The number of nitrogens with zero attached hydrogens (tertiary/aromatic N) is 1. The van der Waals surface area contributed by atoms with Gasteiger partial charge in [0.2, 0.25) is 0 Å². The molecule has 6 nitrogen and oxygen atoms in total. The fourth-order valence-corrected chi connectivity index (χ4v) is 2.57. The Morgan fingerprint density at radius 1 is 1.08 bits per heavy atom. The van der Waals surface area contributed by atoms with Gasteiger partial charge < -0.3 is 19.6 Å². The van der Waals surface area contributed by atoms with E-state index in [1.165, 1.54) is 14.2 Å². The van der Waals surface area contributed by atoms with Crippen molar-refractivity contribution < 1.29 is 13.9 Å². The summed E-state index contributed by atoms with van der Waals surface area (Å²) >= 11 is 0. The molecule has 0 aliphatic rings. The van der Waals surface area contributed by atoms with Gasteiger partial charge in [-0.15, -0.1) is 0 Å². The summed E-state index contributed by atoms with van der Waals surface area (Å²) in [6.45, 7) is 0. The van der Waals surface area contributed by atoms with E-state index in [4.69, 9.17) is 19.6 Å². The number of nitrogen functional groups attached to an aromatic ring is 1. The van der Waals surface area contributed by atoms with Gasteiger partial charge in [-0.05, 0) is 29.8 Å². The van der Waals surface area contributed by atoms with E-state index in [1.807, 2.05) is 6.07 Å². The number of fused-ring (bicyclic) bond motifs is 1. The molecule has 0 saturated heterocycles. The smallest absolute Gasteiger partial charge is 0.354 e. The van der Waals surface area contributed by atoms with Crippen LogP contribution in [0.25, 0.3) is 22.1 Å². The first-order chi connectivity index (χ1) is 11.6. The first-order valence-corrected chi connectivity index (χ1v) is 7.07. The molecule has 120 valence electrons. The predicted octanol–water partition coefficient (Wildman–Crippen LogP) is 2.93. The summed E-state index contributed by atoms with van der Waals surface area (Å²) in [5.41, 5.74) is 6.81. The summed E-state index contributed by atoms with van der Waals surface area (Å²) in [5.74, 6) is 1.09. The Hall–Kier alpha value is -3.46. The van der Waals surface area contributed by atoms with E-state index in [0.717, 1.165) is 0 Å². The van der Waals surface area contributed by atoms with Crippen molar-refractivity contribution >= 4 is 16.7 Å². The zero-order valence-corrected chi connectivity index (χ0v) is 13.1. The van der Waals surface area contributed by atoms with Crippen LogP contribution in [0, 0.1) is 11.3 Å². The minimum atomic E-state index is -0.715. The fourth-order valence-electron chi connectivity index (χ4n) is 2.57. The number of hydrogen-bond acceptors (Lipinski definition) is 6. The third kappa shape index (κ3) is 2.52. The zero-order valence-electron chi connectivity index (χ0n) is 13.1. The lowest BCUT2D eigenvalue weighted by molar-refractivity contribution is 0.394. The summed E-state index contributed by atoms with van der Waals surface area (Å²) in [6.07, 6.45) is 0. The lowest BCUT2D eigenvalue weighted by Crippen LogP contribution is -2.07. The number of nitrogens with two attached hydrogens (primary N) is 1. The molecule has 0 bridgehead atoms. The first-order valence-electron chi connectivity index (χ1n) is 7.07. The minimum absolute atomic E-state index is 0.0809. The van der Waals surface area contributed by atoms with Crippen molar-refractivity contribution in [2.45, 2.75) is 0 Å². The third-order valence-corrected chi connectivity index (χ3v) is 3.68. The van der Waals surface area contributed by atoms with E-state index in [-0.39, 0.29) is 5.56 Å². The van der Waals surface area contributed by atoms with Crippen LogP contribution in [0.4, 0.5) is 5.69 Å². The molecule has 0 atom stereocenters. The van der Waals surface area contributed by atoms with E-state index < -0.39 is 5.63 Å². The van der Waals surface area contributed by atoms with Gasteiger partial charge in [0.1, 0.15) is 28.7 Å². The van der Waals surface area contributed by atoms with Crippen LogP contribution in [0.5, 0.6) is 11.5 Å². The van der Waals surface area contributed by atoms with Gasteiger partial charge in [0.15, 0.2) is 0 Å². The Bertz CT molecular complexity index is 1010. The monoisotopic (exact) mass is 322 g/mol. The van der Waals surface area contributed by atoms with Crippen molar-refractivity contribution in [1.29, 1.82) is 5.26 Å². The lowest BCUT2D eigenvalue weighted by Gasteiger charge is -2.11. The minimum Gasteiger partial charge on any atom is -0.497 e. The van der Waals surface area contributed by atoms with Crippen LogP contribution < -0.4 is 20.8 Å². The highest BCUT2D eigenvalue weighted by Crippen LogP contribution is 2.35. The van der Waals surface area contributed by atoms with Crippen LogP contribution in [0.2, 0.25) is 0 Å². The molecule has 6 heteroatoms. The largest absolute Gasteiger partial charge is 0.497 e. The molecule has 1 heterocycles. The second kappa shape index (κ2) is 5.97. The van der Waals surface area contributed by atoms with Crippen molar-refractivity contribution in [3.63, 3.8) is 0 Å². The lowest BCUT2D eigenvalue weighted by atomic mass is 9.97. The highest BCUT2D eigenvalue weighted by atomic mass is 16.5. The Morgan fingerprint density at radius 2 is 1.75 bits per heavy atom. The molecular formula is C18H14N2O4. The Kier molecular flexibility index (Phi) is 3.84. The van der Waals surface area contributed by atoms with E-state index in [9.17, 15) is 10.1 Å². The fraction of sp³-hybridized carbons (Fsp3) is 0.111. The van der Waals surface area contributed by atoms with Crippen molar-refractivity contribution in [2.24, 2.45) is 0 Å². The molecule has 3 aromatic rings. The molecule has 0 aliphatic heterocycles. The number of benzene rings is 2. The number of anilines is 1. The number of rotatable bonds is 3. The Balaban J connectivity index is 2.45. The third-order valence-electron chi connectivity index (χ3n) is 3.68. The number of hydrogen-bond donors (Lipinski definition) is 1. The van der Waals surface area contributed by atoms with Gasteiger partial charge in [0.25, 0.3) is 0 Å². The summed E-state index contributed by atoms with van der Waals surface area (Å²) in [5, 5.41) is 10.0. The van der Waals surface area contributed by atoms with E-state index in [2.05, 4.69) is 0 Å². The maximum atomic E-state index is 12.2. The average Bonchev–Trinajstić information content (AvgIpc) is 2.59. The maximum Gasteiger partial charge on any atom is 0.354 e. The van der Waals surface area contributed by atoms with Crippen molar-refractivity contribution in [2.75, 3.05) is 20.0 Å². The summed E-state index contributed by atoms with van der Waals surface area (Å²) < 4.78 is 15.8. The second-order valence-corrected chi connectivity index (χ2v) is 5.11. The number of methoxy groups -OCH3 is 2. The highest BCUT2D eigenvalue weighted by Gasteiger charge is 2.18. The van der Waals surface area contributed by atoms with Gasteiger partial charge in [-0.1, -0.05) is 0 Å². The summed E-state index contributed by atoms with van der Waals surface area (Å²) in [7, 11) is 3.06. The predicted molar refractivity (Wildman–Crippen MR) is 90.2 cm³/mol. The quantitative estimate of drug-likeness (QED) is 0.588. The van der Waals surface area contributed by atoms with Gasteiger partial charge >= 0.3 is 5.63 Å². The summed E-state index contributed by atoms with van der Waals surface area (Å²) in [6, 6.07) is 12.1. The molecule has 24 heavy (non-hydrogen) atoms. The number of ether oxygens (including phenoxy) is 2. The van der Waals surface area contributed by atoms with Gasteiger partial charge in [0.05, 0.1) is 14.2 Å². The molecule has 1 aromatic heterocycles. The van der Waals surface area contributed by atoms with Gasteiger partial charge in [0, 0.05) is 28.8 Å². The van der Waals surface area contributed by atoms with E-state index in [0.29, 0.717) is 39.3 Å². The molecule has 0 radical (unpaired) electrons. The zero-order chi connectivity index (χ0) is 17.3. The van der Waals surface area contributed by atoms with Crippen LogP contribution >= 0.6 is 0 Å². The standard InChI is InChI=1S/C18H14N2O4/c1-22-12-5-10(6-13(8-12)23-2)17-14-4-3-11(20)7-16(14)24-18(21)15(17)9-19/h3-8H,20H2,1-2H3. The number of nitriles is 1. The topological polar surface area (TPSA) is 98.5 Å².